The molecule has 0 amide bonds. The van der Waals surface area contributed by atoms with Crippen LogP contribution in [-0.4, -0.2) is 11.4 Å². The van der Waals surface area contributed by atoms with E-state index in [1.165, 1.54) is 23.9 Å². The van der Waals surface area contributed by atoms with Crippen molar-refractivity contribution in [2.24, 2.45) is 4.99 Å². The van der Waals surface area contributed by atoms with Crippen LogP contribution >= 0.6 is 11.8 Å². The van der Waals surface area contributed by atoms with Gasteiger partial charge in [0.1, 0.15) is 5.82 Å². The van der Waals surface area contributed by atoms with Crippen LogP contribution < -0.4 is 5.32 Å². The predicted molar refractivity (Wildman–Crippen MR) is 65.1 cm³/mol. The van der Waals surface area contributed by atoms with Crippen molar-refractivity contribution in [2.75, 3.05) is 6.26 Å². The fraction of sp³-hybridized carbons (Fsp3) is 0.182. The molecule has 1 N–H and O–H groups in total. The van der Waals surface area contributed by atoms with Crippen molar-refractivity contribution in [1.82, 2.24) is 5.32 Å². The molecule has 0 saturated heterocycles. The van der Waals surface area contributed by atoms with Crippen LogP contribution in [0.25, 0.3) is 0 Å². The maximum atomic E-state index is 13.2. The number of thioether (sulfide) groups is 1. The third-order valence-electron chi connectivity index (χ3n) is 1.81. The quantitative estimate of drug-likeness (QED) is 0.377. The summed E-state index contributed by atoms with van der Waals surface area (Å²) in [4.78, 5) is 4.07. The molecule has 0 unspecified atom stereocenters. The first kappa shape index (κ1) is 13.0. The average molecular weight is 248 g/mol. The number of rotatable bonds is 2. The first-order valence-corrected chi connectivity index (χ1v) is 5.86. The molecule has 1 aromatic rings. The van der Waals surface area contributed by atoms with Crippen molar-refractivity contribution >= 4 is 22.6 Å². The third-order valence-corrected chi connectivity index (χ3v) is 2.39. The fourth-order valence-electron chi connectivity index (χ4n) is 1.18. The van der Waals surface area contributed by atoms with Crippen molar-refractivity contribution in [3.8, 4) is 12.3 Å². The Morgan fingerprint density at radius 2 is 2.24 bits per heavy atom. The van der Waals surface area contributed by atoms with E-state index >= 15 is 0 Å². The van der Waals surface area contributed by atoms with Gasteiger partial charge in [-0.25, -0.2) is 9.38 Å². The maximum Gasteiger partial charge on any atom is 0.183 e. The highest BCUT2D eigenvalue weighted by atomic mass is 32.2. The Hall–Kier alpha value is -2.05. The number of hydrogen-bond donors (Lipinski definition) is 1. The molecule has 0 aliphatic heterocycles. The molecule has 0 atom stereocenters. The topological polar surface area (TPSA) is 72.0 Å². The number of nitriles is 2. The zero-order valence-corrected chi connectivity index (χ0v) is 9.88. The summed E-state index contributed by atoms with van der Waals surface area (Å²) in [5.41, 5.74) is 0.936. The number of amidine groups is 1. The number of hydrogen-bond acceptors (Lipinski definition) is 4. The minimum Gasteiger partial charge on any atom is -0.271 e. The Morgan fingerprint density at radius 1 is 1.47 bits per heavy atom. The molecule has 0 spiro atoms. The highest BCUT2D eigenvalue weighted by Crippen LogP contribution is 2.18. The van der Waals surface area contributed by atoms with Crippen LogP contribution in [-0.2, 0) is 6.42 Å². The van der Waals surface area contributed by atoms with Gasteiger partial charge in [0.15, 0.2) is 11.4 Å². The summed E-state index contributed by atoms with van der Waals surface area (Å²) in [6.07, 6.45) is 3.62. The minimum absolute atomic E-state index is 0.126. The fourth-order valence-corrected chi connectivity index (χ4v) is 1.53. The molecular weight excluding hydrogens is 239 g/mol. The van der Waals surface area contributed by atoms with Gasteiger partial charge >= 0.3 is 0 Å². The molecule has 86 valence electrons. The Labute approximate surface area is 103 Å². The maximum absolute atomic E-state index is 13.2. The number of nitrogens with one attached hydrogen (secondary N) is 1. The Kier molecular flexibility index (Phi) is 4.99. The van der Waals surface area contributed by atoms with Crippen LogP contribution in [0, 0.1) is 28.6 Å². The highest BCUT2D eigenvalue weighted by Gasteiger charge is 2.02. The number of aliphatic imine (C=N–C) groups is 1. The van der Waals surface area contributed by atoms with Gasteiger partial charge in [-0.15, -0.1) is 0 Å². The molecule has 0 radical (unpaired) electrons. The zero-order chi connectivity index (χ0) is 12.7. The van der Waals surface area contributed by atoms with Gasteiger partial charge in [0.2, 0.25) is 0 Å². The molecule has 0 aliphatic carbocycles. The van der Waals surface area contributed by atoms with Gasteiger partial charge in [-0.3, -0.25) is 5.32 Å². The average Bonchev–Trinajstić information content (AvgIpc) is 2.28. The molecule has 4 nitrogen and oxygen atoms in total. The lowest BCUT2D eigenvalue weighted by atomic mass is 10.1. The van der Waals surface area contributed by atoms with Crippen molar-refractivity contribution < 1.29 is 4.39 Å². The number of benzene rings is 1. The molecule has 0 aliphatic rings. The second-order valence-electron chi connectivity index (χ2n) is 3.01. The van der Waals surface area contributed by atoms with Gasteiger partial charge in [0.25, 0.3) is 0 Å². The first-order valence-electron chi connectivity index (χ1n) is 4.63. The monoisotopic (exact) mass is 248 g/mol. The molecule has 6 heteroatoms. The van der Waals surface area contributed by atoms with Gasteiger partial charge in [-0.05, 0) is 30.0 Å². The van der Waals surface area contributed by atoms with E-state index in [0.29, 0.717) is 16.4 Å². The predicted octanol–water partition coefficient (Wildman–Crippen LogP) is 2.31. The Morgan fingerprint density at radius 3 is 2.82 bits per heavy atom. The summed E-state index contributed by atoms with van der Waals surface area (Å²) >= 11 is 1.24. The molecule has 1 aromatic carbocycles. The normalized spacial score (nSPS) is 10.5. The summed E-state index contributed by atoms with van der Waals surface area (Å²) < 4.78 is 13.2. The van der Waals surface area contributed by atoms with Crippen LogP contribution in [0.15, 0.2) is 23.2 Å². The second kappa shape index (κ2) is 6.51. The van der Waals surface area contributed by atoms with Gasteiger partial charge in [-0.2, -0.15) is 10.5 Å². The summed E-state index contributed by atoms with van der Waals surface area (Å²) in [5, 5.41) is 19.8. The lowest BCUT2D eigenvalue weighted by Crippen LogP contribution is -2.12. The Bertz CT molecular complexity index is 513. The minimum atomic E-state index is -0.450. The molecule has 0 heterocycles. The standard InChI is InChI=1S/C11H9FN4S/c1-17-11(15-7-14)16-10-5-8(2-3-13)4-9(12)6-10/h4-6H,2H2,1H3,(H,15,16). The van der Waals surface area contributed by atoms with E-state index in [9.17, 15) is 4.39 Å². The lowest BCUT2D eigenvalue weighted by molar-refractivity contribution is 0.626. The van der Waals surface area contributed by atoms with Crippen molar-refractivity contribution in [3.05, 3.63) is 29.6 Å². The summed E-state index contributed by atoms with van der Waals surface area (Å²) in [6, 6.07) is 6.09. The SMILES string of the molecule is CSC(=Nc1cc(F)cc(CC#N)c1)NC#N. The molecule has 0 bridgehead atoms. The summed E-state index contributed by atoms with van der Waals surface area (Å²) in [5.74, 6) is -0.450. The highest BCUT2D eigenvalue weighted by molar-refractivity contribution is 8.13. The Balaban J connectivity index is 3.06. The molecule has 17 heavy (non-hydrogen) atoms. The van der Waals surface area contributed by atoms with E-state index in [2.05, 4.69) is 10.3 Å². The second-order valence-corrected chi connectivity index (χ2v) is 3.81. The van der Waals surface area contributed by atoms with Gasteiger partial charge in [0, 0.05) is 0 Å². The smallest absolute Gasteiger partial charge is 0.183 e. The van der Waals surface area contributed by atoms with Crippen LogP contribution in [0.5, 0.6) is 0 Å². The van der Waals surface area contributed by atoms with E-state index in [1.807, 2.05) is 6.07 Å². The van der Waals surface area contributed by atoms with Gasteiger partial charge in [-0.1, -0.05) is 11.8 Å². The zero-order valence-electron chi connectivity index (χ0n) is 9.07. The van der Waals surface area contributed by atoms with E-state index in [-0.39, 0.29) is 6.42 Å². The lowest BCUT2D eigenvalue weighted by Gasteiger charge is -2.02. The molecule has 0 saturated carbocycles. The van der Waals surface area contributed by atoms with Gasteiger partial charge in [0.05, 0.1) is 18.2 Å². The number of halogens is 1. The van der Waals surface area contributed by atoms with Crippen molar-refractivity contribution in [1.29, 1.82) is 10.5 Å². The summed E-state index contributed by atoms with van der Waals surface area (Å²) in [6.45, 7) is 0. The molecule has 1 rings (SSSR count). The molecule has 0 aromatic heterocycles. The van der Waals surface area contributed by atoms with E-state index < -0.39 is 5.82 Å². The van der Waals surface area contributed by atoms with Crippen LogP contribution in [0.2, 0.25) is 0 Å². The third kappa shape index (κ3) is 4.13. The molecule has 0 fully saturated rings. The van der Waals surface area contributed by atoms with Crippen molar-refractivity contribution in [3.63, 3.8) is 0 Å². The van der Waals surface area contributed by atoms with E-state index in [1.54, 1.807) is 18.5 Å². The van der Waals surface area contributed by atoms with Gasteiger partial charge < -0.3 is 0 Å². The molecular formula is C11H9FN4S. The van der Waals surface area contributed by atoms with Crippen LogP contribution in [0.1, 0.15) is 5.56 Å². The van der Waals surface area contributed by atoms with Crippen LogP contribution in [0.4, 0.5) is 10.1 Å². The van der Waals surface area contributed by atoms with E-state index in [4.69, 9.17) is 10.5 Å². The summed E-state index contributed by atoms with van der Waals surface area (Å²) in [7, 11) is 0. The van der Waals surface area contributed by atoms with Crippen LogP contribution in [0.3, 0.4) is 0 Å². The first-order chi connectivity index (χ1) is 8.19. The van der Waals surface area contributed by atoms with E-state index in [0.717, 1.165) is 0 Å². The van der Waals surface area contributed by atoms with Crippen molar-refractivity contribution in [2.45, 2.75) is 6.42 Å². The number of nitrogens with zero attached hydrogens (tertiary/aromatic N) is 3. The largest absolute Gasteiger partial charge is 0.271 e.